The van der Waals surface area contributed by atoms with E-state index in [0.717, 1.165) is 25.4 Å². The van der Waals surface area contributed by atoms with Gasteiger partial charge in [-0.2, -0.15) is 0 Å². The Hall–Kier alpha value is -2.34. The zero-order valence-electron chi connectivity index (χ0n) is 15.9. The van der Waals surface area contributed by atoms with Gasteiger partial charge in [0.05, 0.1) is 25.7 Å². The molecule has 6 rings (SSSR count). The van der Waals surface area contributed by atoms with Gasteiger partial charge in [-0.15, -0.1) is 0 Å². The molecule has 5 heterocycles. The standard InChI is InChI=1S/C21H26N4O2/c1-23-13-22-11-18(23)21(26)25-12-17(14-3-5-16(27-2)6-4-14)20-19(25)15-7-9-24(20)10-8-15/h3-6,11,13,15,17,19-20H,7-10,12H2,1-2H3/t17-,19+,20+/m0/s1. The van der Waals surface area contributed by atoms with Gasteiger partial charge in [-0.05, 0) is 49.5 Å². The first-order valence-electron chi connectivity index (χ1n) is 9.82. The number of carbonyl (C=O) groups excluding carboxylic acids is 1. The Morgan fingerprint density at radius 1 is 1.15 bits per heavy atom. The summed E-state index contributed by atoms with van der Waals surface area (Å²) in [5.74, 6) is 1.96. The van der Waals surface area contributed by atoms with Crippen LogP contribution < -0.4 is 4.74 Å². The zero-order chi connectivity index (χ0) is 18.5. The Kier molecular flexibility index (Phi) is 3.97. The fraction of sp³-hybridized carbons (Fsp3) is 0.524. The molecule has 2 bridgehead atoms. The third-order valence-corrected chi connectivity index (χ3v) is 6.83. The summed E-state index contributed by atoms with van der Waals surface area (Å²) in [6.07, 6.45) is 5.80. The molecule has 0 spiro atoms. The summed E-state index contributed by atoms with van der Waals surface area (Å²) in [5.41, 5.74) is 1.99. The van der Waals surface area contributed by atoms with Crippen LogP contribution in [0.15, 0.2) is 36.8 Å². The molecule has 6 heteroatoms. The average Bonchev–Trinajstić information content (AvgIpc) is 3.34. The number of ether oxygens (including phenoxy) is 1. The van der Waals surface area contributed by atoms with Crippen molar-refractivity contribution in [2.45, 2.75) is 30.8 Å². The number of carbonyl (C=O) groups is 1. The number of hydrogen-bond donors (Lipinski definition) is 0. The highest BCUT2D eigenvalue weighted by Gasteiger charge is 2.54. The van der Waals surface area contributed by atoms with Crippen molar-refractivity contribution in [3.8, 4) is 5.75 Å². The lowest BCUT2D eigenvalue weighted by Crippen LogP contribution is -2.60. The first-order valence-corrected chi connectivity index (χ1v) is 9.82. The first-order chi connectivity index (χ1) is 13.2. The summed E-state index contributed by atoms with van der Waals surface area (Å²) in [7, 11) is 3.59. The van der Waals surface area contributed by atoms with Crippen molar-refractivity contribution in [2.24, 2.45) is 13.0 Å². The number of methoxy groups -OCH3 is 1. The van der Waals surface area contributed by atoms with Crippen LogP contribution >= 0.6 is 0 Å². The number of hydrogen-bond acceptors (Lipinski definition) is 4. The highest BCUT2D eigenvalue weighted by Crippen LogP contribution is 2.47. The van der Waals surface area contributed by atoms with E-state index in [1.807, 2.05) is 23.7 Å². The van der Waals surface area contributed by atoms with Gasteiger partial charge >= 0.3 is 0 Å². The number of fused-ring (bicyclic) bond motifs is 2. The van der Waals surface area contributed by atoms with E-state index in [2.05, 4.69) is 26.9 Å². The topological polar surface area (TPSA) is 50.6 Å². The fourth-order valence-electron chi connectivity index (χ4n) is 5.51. The highest BCUT2D eigenvalue weighted by molar-refractivity contribution is 5.93. The third kappa shape index (κ3) is 2.57. The zero-order valence-corrected chi connectivity index (χ0v) is 15.9. The molecule has 0 N–H and O–H groups in total. The van der Waals surface area contributed by atoms with E-state index < -0.39 is 0 Å². The van der Waals surface area contributed by atoms with Crippen LogP contribution in [0.1, 0.15) is 34.8 Å². The summed E-state index contributed by atoms with van der Waals surface area (Å²) < 4.78 is 7.16. The van der Waals surface area contributed by atoms with E-state index in [4.69, 9.17) is 4.74 Å². The van der Waals surface area contributed by atoms with Gasteiger partial charge in [0.15, 0.2) is 0 Å². The monoisotopic (exact) mass is 366 g/mol. The molecule has 4 fully saturated rings. The molecule has 2 aromatic rings. The summed E-state index contributed by atoms with van der Waals surface area (Å²) in [4.78, 5) is 22.3. The largest absolute Gasteiger partial charge is 0.497 e. The Balaban J connectivity index is 1.51. The van der Waals surface area contributed by atoms with Gasteiger partial charge in [-0.25, -0.2) is 4.98 Å². The van der Waals surface area contributed by atoms with Crippen molar-refractivity contribution >= 4 is 5.91 Å². The van der Waals surface area contributed by atoms with Crippen molar-refractivity contribution in [2.75, 3.05) is 26.7 Å². The number of benzene rings is 1. The molecular formula is C21H26N4O2. The maximum atomic E-state index is 13.4. The molecule has 0 radical (unpaired) electrons. The number of nitrogens with zero attached hydrogens (tertiary/aromatic N) is 4. The number of likely N-dealkylation sites (tertiary alicyclic amines) is 1. The first kappa shape index (κ1) is 16.8. The lowest BCUT2D eigenvalue weighted by Gasteiger charge is -2.51. The van der Waals surface area contributed by atoms with Crippen LogP contribution in [0.2, 0.25) is 0 Å². The van der Waals surface area contributed by atoms with Crippen LogP contribution in [-0.2, 0) is 7.05 Å². The molecule has 27 heavy (non-hydrogen) atoms. The smallest absolute Gasteiger partial charge is 0.272 e. The summed E-state index contributed by atoms with van der Waals surface area (Å²) >= 11 is 0. The van der Waals surface area contributed by atoms with Gasteiger partial charge < -0.3 is 14.2 Å². The van der Waals surface area contributed by atoms with Gasteiger partial charge in [-0.3, -0.25) is 9.69 Å². The van der Waals surface area contributed by atoms with Gasteiger partial charge in [0.25, 0.3) is 5.91 Å². The second-order valence-electron chi connectivity index (χ2n) is 8.08. The van der Waals surface area contributed by atoms with E-state index >= 15 is 0 Å². The second-order valence-corrected chi connectivity index (χ2v) is 8.08. The molecule has 6 nitrogen and oxygen atoms in total. The van der Waals surface area contributed by atoms with Gasteiger partial charge in [0, 0.05) is 25.6 Å². The van der Waals surface area contributed by atoms with Crippen molar-refractivity contribution in [3.05, 3.63) is 48.0 Å². The van der Waals surface area contributed by atoms with Crippen LogP contribution in [0.5, 0.6) is 5.75 Å². The van der Waals surface area contributed by atoms with Crippen LogP contribution in [0.3, 0.4) is 0 Å². The van der Waals surface area contributed by atoms with Crippen molar-refractivity contribution in [1.82, 2.24) is 19.4 Å². The molecule has 4 saturated heterocycles. The predicted molar refractivity (Wildman–Crippen MR) is 102 cm³/mol. The Morgan fingerprint density at radius 3 is 2.52 bits per heavy atom. The number of rotatable bonds is 3. The summed E-state index contributed by atoms with van der Waals surface area (Å²) in [6.45, 7) is 3.09. The quantitative estimate of drug-likeness (QED) is 0.835. The minimum atomic E-state index is 0.120. The van der Waals surface area contributed by atoms with Crippen LogP contribution in [-0.4, -0.2) is 64.1 Å². The molecule has 0 saturated carbocycles. The average molecular weight is 366 g/mol. The Bertz CT molecular complexity index is 838. The van der Waals surface area contributed by atoms with Crippen molar-refractivity contribution in [3.63, 3.8) is 0 Å². The summed E-state index contributed by atoms with van der Waals surface area (Å²) in [6, 6.07) is 9.13. The molecule has 4 aliphatic heterocycles. The number of aryl methyl sites for hydroxylation is 1. The summed E-state index contributed by atoms with van der Waals surface area (Å²) in [5, 5.41) is 0. The van der Waals surface area contributed by atoms with Gasteiger partial charge in [0.1, 0.15) is 11.4 Å². The second kappa shape index (κ2) is 6.37. The van der Waals surface area contributed by atoms with Gasteiger partial charge in [0.2, 0.25) is 0 Å². The van der Waals surface area contributed by atoms with Crippen LogP contribution in [0.4, 0.5) is 0 Å². The minimum Gasteiger partial charge on any atom is -0.497 e. The Labute approximate surface area is 159 Å². The number of piperidine rings is 3. The lowest BCUT2D eigenvalue weighted by atomic mass is 9.75. The maximum absolute atomic E-state index is 13.4. The van der Waals surface area contributed by atoms with Gasteiger partial charge in [-0.1, -0.05) is 12.1 Å². The molecule has 1 aromatic heterocycles. The molecule has 0 unspecified atom stereocenters. The molecule has 142 valence electrons. The van der Waals surface area contributed by atoms with Crippen LogP contribution in [0.25, 0.3) is 0 Å². The molecule has 1 aromatic carbocycles. The molecular weight excluding hydrogens is 340 g/mol. The molecule has 3 atom stereocenters. The van der Waals surface area contributed by atoms with E-state index in [1.165, 1.54) is 18.4 Å². The van der Waals surface area contributed by atoms with Crippen molar-refractivity contribution < 1.29 is 9.53 Å². The minimum absolute atomic E-state index is 0.120. The SMILES string of the molecule is COc1ccc([C@@H]2CN(C(=O)c3cncn3C)[C@@H]3C4CCN(CC4)[C@@H]32)cc1. The Morgan fingerprint density at radius 2 is 1.89 bits per heavy atom. The maximum Gasteiger partial charge on any atom is 0.272 e. The predicted octanol–water partition coefficient (Wildman–Crippen LogP) is 2.13. The lowest BCUT2D eigenvalue weighted by molar-refractivity contribution is -0.00368. The number of amides is 1. The van der Waals surface area contributed by atoms with E-state index in [1.54, 1.807) is 19.6 Å². The third-order valence-electron chi connectivity index (χ3n) is 6.83. The molecule has 4 aliphatic rings. The highest BCUT2D eigenvalue weighted by atomic mass is 16.5. The number of aromatic nitrogens is 2. The normalized spacial score (nSPS) is 31.8. The van der Waals surface area contributed by atoms with Crippen LogP contribution in [0, 0.1) is 5.92 Å². The van der Waals surface area contributed by atoms with E-state index in [-0.39, 0.29) is 5.91 Å². The molecule has 1 amide bonds. The number of imidazole rings is 1. The van der Waals surface area contributed by atoms with E-state index in [0.29, 0.717) is 29.6 Å². The van der Waals surface area contributed by atoms with E-state index in [9.17, 15) is 4.79 Å². The fourth-order valence-corrected chi connectivity index (χ4v) is 5.51. The van der Waals surface area contributed by atoms with Crippen molar-refractivity contribution in [1.29, 1.82) is 0 Å². The molecule has 0 aliphatic carbocycles.